The van der Waals surface area contributed by atoms with E-state index in [9.17, 15) is 4.79 Å². The molecule has 1 saturated heterocycles. The predicted octanol–water partition coefficient (Wildman–Crippen LogP) is 1.60. The van der Waals surface area contributed by atoms with Crippen LogP contribution < -0.4 is 11.1 Å². The van der Waals surface area contributed by atoms with Gasteiger partial charge in [-0.1, -0.05) is 13.8 Å². The van der Waals surface area contributed by atoms with Crippen LogP contribution in [0.1, 0.15) is 46.0 Å². The van der Waals surface area contributed by atoms with Gasteiger partial charge in [-0.15, -0.1) is 0 Å². The Morgan fingerprint density at radius 2 is 1.85 bits per heavy atom. The van der Waals surface area contributed by atoms with Crippen molar-refractivity contribution in [2.75, 3.05) is 26.2 Å². The van der Waals surface area contributed by atoms with Crippen LogP contribution in [0.3, 0.4) is 0 Å². The molecule has 0 aromatic heterocycles. The normalized spacial score (nSPS) is 33.0. The fourth-order valence-corrected chi connectivity index (χ4v) is 3.46. The summed E-state index contributed by atoms with van der Waals surface area (Å²) >= 11 is 0. The second-order valence-corrected chi connectivity index (χ2v) is 7.00. The van der Waals surface area contributed by atoms with Crippen LogP contribution in [0.5, 0.6) is 0 Å². The van der Waals surface area contributed by atoms with Crippen LogP contribution in [-0.2, 0) is 4.79 Å². The van der Waals surface area contributed by atoms with Crippen LogP contribution >= 0.6 is 0 Å². The lowest BCUT2D eigenvalue weighted by atomic mass is 9.79. The summed E-state index contributed by atoms with van der Waals surface area (Å²) in [5, 5.41) is 3.10. The van der Waals surface area contributed by atoms with Crippen LogP contribution in [-0.4, -0.2) is 43.0 Å². The zero-order chi connectivity index (χ0) is 14.5. The second kappa shape index (κ2) is 7.41. The average molecular weight is 281 g/mol. The van der Waals surface area contributed by atoms with Crippen molar-refractivity contribution in [3.8, 4) is 0 Å². The smallest absolute Gasteiger partial charge is 0.224 e. The van der Waals surface area contributed by atoms with Gasteiger partial charge in [-0.25, -0.2) is 0 Å². The van der Waals surface area contributed by atoms with E-state index in [2.05, 4.69) is 24.1 Å². The van der Waals surface area contributed by atoms with Crippen molar-refractivity contribution in [1.29, 1.82) is 0 Å². The van der Waals surface area contributed by atoms with E-state index in [1.807, 2.05) is 0 Å². The molecular weight excluding hydrogens is 250 g/mol. The van der Waals surface area contributed by atoms with E-state index in [1.54, 1.807) is 0 Å². The number of rotatable bonds is 4. The van der Waals surface area contributed by atoms with Crippen LogP contribution in [0.2, 0.25) is 0 Å². The standard InChI is InChI=1S/C16H31N3O/c1-12-5-8-19(9-6-12)10-7-18-16(20)14-11-13(2)3-4-15(14)17/h12-15H,3-11,17H2,1-2H3,(H,18,20). The largest absolute Gasteiger partial charge is 0.355 e. The monoisotopic (exact) mass is 281 g/mol. The molecule has 3 atom stereocenters. The molecule has 1 aliphatic heterocycles. The molecule has 2 aliphatic rings. The summed E-state index contributed by atoms with van der Waals surface area (Å²) in [7, 11) is 0. The van der Waals surface area contributed by atoms with Gasteiger partial charge in [0.15, 0.2) is 0 Å². The molecule has 1 heterocycles. The molecule has 3 N–H and O–H groups in total. The molecule has 4 heteroatoms. The van der Waals surface area contributed by atoms with E-state index in [4.69, 9.17) is 5.73 Å². The molecule has 1 amide bonds. The summed E-state index contributed by atoms with van der Waals surface area (Å²) < 4.78 is 0. The summed E-state index contributed by atoms with van der Waals surface area (Å²) in [6, 6.07) is 0.0574. The SMILES string of the molecule is CC1CCN(CCNC(=O)C2CC(C)CCC2N)CC1. The fraction of sp³-hybridized carbons (Fsp3) is 0.938. The Morgan fingerprint density at radius 1 is 1.15 bits per heavy atom. The van der Waals surface area contributed by atoms with Crippen molar-refractivity contribution >= 4 is 5.91 Å². The second-order valence-electron chi connectivity index (χ2n) is 7.00. The minimum absolute atomic E-state index is 0.0279. The maximum atomic E-state index is 12.2. The average Bonchev–Trinajstić information content (AvgIpc) is 2.43. The van der Waals surface area contributed by atoms with Gasteiger partial charge in [-0.3, -0.25) is 4.79 Å². The summed E-state index contributed by atoms with van der Waals surface area (Å²) in [5.41, 5.74) is 6.10. The zero-order valence-electron chi connectivity index (χ0n) is 13.1. The first kappa shape index (κ1) is 15.8. The number of carbonyl (C=O) groups excluding carboxylic acids is 1. The molecule has 2 fully saturated rings. The number of likely N-dealkylation sites (tertiary alicyclic amines) is 1. The molecule has 1 saturated carbocycles. The molecule has 20 heavy (non-hydrogen) atoms. The van der Waals surface area contributed by atoms with Crippen LogP contribution in [0, 0.1) is 17.8 Å². The summed E-state index contributed by atoms with van der Waals surface area (Å²) in [5.74, 6) is 1.70. The third-order valence-electron chi connectivity index (χ3n) is 5.11. The maximum Gasteiger partial charge on any atom is 0.224 e. The lowest BCUT2D eigenvalue weighted by Crippen LogP contribution is -2.47. The molecule has 2 rings (SSSR count). The number of hydrogen-bond acceptors (Lipinski definition) is 3. The minimum Gasteiger partial charge on any atom is -0.355 e. The number of amides is 1. The predicted molar refractivity (Wildman–Crippen MR) is 82.3 cm³/mol. The molecule has 0 bridgehead atoms. The molecule has 0 aromatic carbocycles. The Labute approximate surface area is 123 Å². The third kappa shape index (κ3) is 4.45. The fourth-order valence-electron chi connectivity index (χ4n) is 3.46. The highest BCUT2D eigenvalue weighted by Gasteiger charge is 2.31. The molecule has 4 nitrogen and oxygen atoms in total. The van der Waals surface area contributed by atoms with Gasteiger partial charge >= 0.3 is 0 Å². The molecule has 0 aromatic rings. The molecule has 0 radical (unpaired) electrons. The van der Waals surface area contributed by atoms with Crippen molar-refractivity contribution in [2.24, 2.45) is 23.5 Å². The number of hydrogen-bond donors (Lipinski definition) is 2. The maximum absolute atomic E-state index is 12.2. The van der Waals surface area contributed by atoms with E-state index in [0.29, 0.717) is 5.92 Å². The van der Waals surface area contributed by atoms with Crippen molar-refractivity contribution in [3.63, 3.8) is 0 Å². The Balaban J connectivity index is 1.67. The Morgan fingerprint density at radius 3 is 2.55 bits per heavy atom. The highest BCUT2D eigenvalue weighted by Crippen LogP contribution is 2.27. The van der Waals surface area contributed by atoms with Gasteiger partial charge in [-0.2, -0.15) is 0 Å². The van der Waals surface area contributed by atoms with Crippen LogP contribution in [0.25, 0.3) is 0 Å². The van der Waals surface area contributed by atoms with Gasteiger partial charge in [-0.05, 0) is 57.0 Å². The first-order valence-electron chi connectivity index (χ1n) is 8.32. The summed E-state index contributed by atoms with van der Waals surface area (Å²) in [6.45, 7) is 8.65. The number of nitrogens with one attached hydrogen (secondary N) is 1. The quantitative estimate of drug-likeness (QED) is 0.823. The van der Waals surface area contributed by atoms with E-state index in [1.165, 1.54) is 25.9 Å². The van der Waals surface area contributed by atoms with Crippen molar-refractivity contribution in [1.82, 2.24) is 10.2 Å². The van der Waals surface area contributed by atoms with Gasteiger partial charge in [0.25, 0.3) is 0 Å². The molecule has 116 valence electrons. The highest BCUT2D eigenvalue weighted by atomic mass is 16.1. The van der Waals surface area contributed by atoms with Gasteiger partial charge in [0, 0.05) is 19.1 Å². The summed E-state index contributed by atoms with van der Waals surface area (Å²) in [6.07, 6.45) is 5.69. The number of nitrogens with zero attached hydrogens (tertiary/aromatic N) is 1. The van der Waals surface area contributed by atoms with E-state index in [0.717, 1.165) is 38.3 Å². The van der Waals surface area contributed by atoms with Gasteiger partial charge in [0.1, 0.15) is 0 Å². The molecule has 0 spiro atoms. The summed E-state index contributed by atoms with van der Waals surface area (Å²) in [4.78, 5) is 14.7. The van der Waals surface area contributed by atoms with Crippen LogP contribution in [0.4, 0.5) is 0 Å². The molecular formula is C16H31N3O. The Bertz CT molecular complexity index is 313. The van der Waals surface area contributed by atoms with Crippen molar-refractivity contribution in [3.05, 3.63) is 0 Å². The minimum atomic E-state index is 0.0279. The first-order valence-corrected chi connectivity index (χ1v) is 8.32. The van der Waals surface area contributed by atoms with Crippen molar-refractivity contribution in [2.45, 2.75) is 52.0 Å². The van der Waals surface area contributed by atoms with E-state index >= 15 is 0 Å². The van der Waals surface area contributed by atoms with Crippen molar-refractivity contribution < 1.29 is 4.79 Å². The topological polar surface area (TPSA) is 58.4 Å². The molecule has 3 unspecified atom stereocenters. The zero-order valence-corrected chi connectivity index (χ0v) is 13.1. The van der Waals surface area contributed by atoms with E-state index in [-0.39, 0.29) is 17.9 Å². The number of piperidine rings is 1. The number of carbonyl (C=O) groups is 1. The third-order valence-corrected chi connectivity index (χ3v) is 5.11. The Kier molecular flexibility index (Phi) is 5.85. The first-order chi connectivity index (χ1) is 9.56. The lowest BCUT2D eigenvalue weighted by Gasteiger charge is -2.32. The van der Waals surface area contributed by atoms with Gasteiger partial charge in [0.05, 0.1) is 5.92 Å². The van der Waals surface area contributed by atoms with Crippen LogP contribution in [0.15, 0.2) is 0 Å². The Hall–Kier alpha value is -0.610. The molecule has 1 aliphatic carbocycles. The van der Waals surface area contributed by atoms with E-state index < -0.39 is 0 Å². The highest BCUT2D eigenvalue weighted by molar-refractivity contribution is 5.79. The lowest BCUT2D eigenvalue weighted by molar-refractivity contribution is -0.127. The number of nitrogens with two attached hydrogens (primary N) is 1. The van der Waals surface area contributed by atoms with Gasteiger partial charge in [0.2, 0.25) is 5.91 Å². The van der Waals surface area contributed by atoms with Gasteiger partial charge < -0.3 is 16.0 Å².